The van der Waals surface area contributed by atoms with E-state index in [1.54, 1.807) is 7.11 Å². The van der Waals surface area contributed by atoms with Gasteiger partial charge in [-0.2, -0.15) is 5.26 Å². The van der Waals surface area contributed by atoms with Crippen LogP contribution in [0.3, 0.4) is 0 Å². The van der Waals surface area contributed by atoms with Crippen LogP contribution in [0.4, 0.5) is 0 Å². The average Bonchev–Trinajstić information content (AvgIpc) is 2.40. The Kier molecular flexibility index (Phi) is 2.94. The van der Waals surface area contributed by atoms with Crippen molar-refractivity contribution in [3.05, 3.63) is 0 Å². The molecule has 13 heavy (non-hydrogen) atoms. The van der Waals surface area contributed by atoms with Crippen molar-refractivity contribution in [1.29, 1.82) is 5.26 Å². The molecule has 0 aromatic rings. The minimum atomic E-state index is -2.97. The number of nitrogens with zero attached hydrogens (tertiary/aromatic N) is 1. The van der Waals surface area contributed by atoms with Crippen molar-refractivity contribution in [2.75, 3.05) is 25.2 Å². The molecule has 1 unspecified atom stereocenters. The fourth-order valence-electron chi connectivity index (χ4n) is 1.55. The number of rotatable bonds is 3. The van der Waals surface area contributed by atoms with E-state index < -0.39 is 15.3 Å². The maximum absolute atomic E-state index is 11.2. The van der Waals surface area contributed by atoms with E-state index in [0.29, 0.717) is 19.4 Å². The van der Waals surface area contributed by atoms with Crippen LogP contribution < -0.4 is 0 Å². The third-order valence-electron chi connectivity index (χ3n) is 2.41. The Hall–Kier alpha value is -0.600. The number of nitriles is 1. The third-order valence-corrected chi connectivity index (χ3v) is 4.23. The van der Waals surface area contributed by atoms with E-state index in [1.165, 1.54) is 0 Å². The maximum atomic E-state index is 11.2. The number of hydrogen-bond donors (Lipinski definition) is 0. The highest BCUT2D eigenvalue weighted by Gasteiger charge is 2.42. The zero-order valence-electron chi connectivity index (χ0n) is 7.62. The van der Waals surface area contributed by atoms with Gasteiger partial charge in [-0.25, -0.2) is 8.42 Å². The summed E-state index contributed by atoms with van der Waals surface area (Å²) in [6.07, 6.45) is 0.967. The van der Waals surface area contributed by atoms with Crippen LogP contribution >= 0.6 is 0 Å². The van der Waals surface area contributed by atoms with E-state index in [4.69, 9.17) is 10.00 Å². The monoisotopic (exact) mass is 203 g/mol. The van der Waals surface area contributed by atoms with E-state index in [1.807, 2.05) is 0 Å². The molecule has 0 bridgehead atoms. The number of sulfone groups is 1. The van der Waals surface area contributed by atoms with Crippen LogP contribution in [0.25, 0.3) is 0 Å². The normalized spacial score (nSPS) is 31.4. The summed E-state index contributed by atoms with van der Waals surface area (Å²) in [6.45, 7) is 0.447. The van der Waals surface area contributed by atoms with Gasteiger partial charge < -0.3 is 4.74 Å². The fraction of sp³-hybridized carbons (Fsp3) is 0.875. The van der Waals surface area contributed by atoms with Gasteiger partial charge in [-0.05, 0) is 12.8 Å². The summed E-state index contributed by atoms with van der Waals surface area (Å²) < 4.78 is 27.2. The zero-order chi connectivity index (χ0) is 9.95. The van der Waals surface area contributed by atoms with Crippen LogP contribution in [0.1, 0.15) is 12.8 Å². The second-order valence-corrected chi connectivity index (χ2v) is 5.66. The average molecular weight is 203 g/mol. The van der Waals surface area contributed by atoms with E-state index in [0.717, 1.165) is 0 Å². The Balaban J connectivity index is 2.70. The number of methoxy groups -OCH3 is 1. The SMILES string of the molecule is COCCC1(C#N)CCS(=O)(=O)C1. The van der Waals surface area contributed by atoms with Gasteiger partial charge in [0.15, 0.2) is 9.84 Å². The van der Waals surface area contributed by atoms with Crippen LogP contribution in [0, 0.1) is 16.7 Å². The van der Waals surface area contributed by atoms with Crippen molar-refractivity contribution in [2.45, 2.75) is 12.8 Å². The smallest absolute Gasteiger partial charge is 0.151 e. The first kappa shape index (κ1) is 10.5. The molecule has 1 saturated heterocycles. The molecule has 0 radical (unpaired) electrons. The molecule has 1 heterocycles. The van der Waals surface area contributed by atoms with E-state index in [9.17, 15) is 8.42 Å². The highest BCUT2D eigenvalue weighted by atomic mass is 32.2. The molecule has 0 amide bonds. The fourth-order valence-corrected chi connectivity index (χ4v) is 3.60. The first-order chi connectivity index (χ1) is 6.04. The van der Waals surface area contributed by atoms with Gasteiger partial charge in [-0.3, -0.25) is 0 Å². The Morgan fingerprint density at radius 2 is 2.31 bits per heavy atom. The first-order valence-electron chi connectivity index (χ1n) is 4.14. The van der Waals surface area contributed by atoms with E-state index in [-0.39, 0.29) is 11.5 Å². The van der Waals surface area contributed by atoms with Crippen molar-refractivity contribution in [3.63, 3.8) is 0 Å². The van der Waals surface area contributed by atoms with Crippen LogP contribution in [0.2, 0.25) is 0 Å². The van der Waals surface area contributed by atoms with Crippen molar-refractivity contribution >= 4 is 9.84 Å². The number of hydrogen-bond acceptors (Lipinski definition) is 4. The van der Waals surface area contributed by atoms with Gasteiger partial charge >= 0.3 is 0 Å². The second-order valence-electron chi connectivity index (χ2n) is 3.48. The first-order valence-corrected chi connectivity index (χ1v) is 5.96. The molecule has 0 aliphatic carbocycles. The largest absolute Gasteiger partial charge is 0.385 e. The van der Waals surface area contributed by atoms with Crippen LogP contribution in [0.15, 0.2) is 0 Å². The minimum Gasteiger partial charge on any atom is -0.385 e. The standard InChI is InChI=1S/C8H13NO3S/c1-12-4-2-8(6-9)3-5-13(10,11)7-8/h2-5,7H2,1H3. The molecular weight excluding hydrogens is 190 g/mol. The lowest BCUT2D eigenvalue weighted by Crippen LogP contribution is -2.22. The summed E-state index contributed by atoms with van der Waals surface area (Å²) >= 11 is 0. The second kappa shape index (κ2) is 3.64. The molecule has 1 atom stereocenters. The lowest BCUT2D eigenvalue weighted by Gasteiger charge is -2.17. The molecule has 0 aromatic heterocycles. The summed E-state index contributed by atoms with van der Waals surface area (Å²) in [5, 5.41) is 8.91. The quantitative estimate of drug-likeness (QED) is 0.663. The Bertz CT molecular complexity index is 317. The van der Waals surface area contributed by atoms with Gasteiger partial charge in [-0.1, -0.05) is 0 Å². The summed E-state index contributed by atoms with van der Waals surface area (Å²) in [5.41, 5.74) is -0.686. The van der Waals surface area contributed by atoms with Crippen molar-refractivity contribution in [3.8, 4) is 6.07 Å². The molecular formula is C8H13NO3S. The van der Waals surface area contributed by atoms with Crippen molar-refractivity contribution in [1.82, 2.24) is 0 Å². The number of ether oxygens (including phenoxy) is 1. The summed E-state index contributed by atoms with van der Waals surface area (Å²) in [6, 6.07) is 2.11. The van der Waals surface area contributed by atoms with Crippen molar-refractivity contribution < 1.29 is 13.2 Å². The summed E-state index contributed by atoms with van der Waals surface area (Å²) in [7, 11) is -1.42. The third kappa shape index (κ3) is 2.42. The molecule has 4 nitrogen and oxygen atoms in total. The molecule has 1 aliphatic rings. The maximum Gasteiger partial charge on any atom is 0.151 e. The molecule has 0 aromatic carbocycles. The lowest BCUT2D eigenvalue weighted by atomic mass is 9.86. The van der Waals surface area contributed by atoms with Gasteiger partial charge in [0.25, 0.3) is 0 Å². The van der Waals surface area contributed by atoms with Gasteiger partial charge in [0.1, 0.15) is 0 Å². The molecule has 1 rings (SSSR count). The van der Waals surface area contributed by atoms with Crippen LogP contribution in [0.5, 0.6) is 0 Å². The van der Waals surface area contributed by atoms with Gasteiger partial charge in [0.2, 0.25) is 0 Å². The van der Waals surface area contributed by atoms with E-state index >= 15 is 0 Å². The summed E-state index contributed by atoms with van der Waals surface area (Å²) in [5.74, 6) is 0.143. The Labute approximate surface area is 78.4 Å². The summed E-state index contributed by atoms with van der Waals surface area (Å²) in [4.78, 5) is 0. The molecule has 1 aliphatic heterocycles. The minimum absolute atomic E-state index is 0.000139. The van der Waals surface area contributed by atoms with Crippen molar-refractivity contribution in [2.24, 2.45) is 5.41 Å². The predicted molar refractivity (Wildman–Crippen MR) is 47.8 cm³/mol. The molecule has 1 fully saturated rings. The zero-order valence-corrected chi connectivity index (χ0v) is 8.43. The topological polar surface area (TPSA) is 67.2 Å². The molecule has 74 valence electrons. The molecule has 0 N–H and O–H groups in total. The van der Waals surface area contributed by atoms with Gasteiger partial charge in [-0.15, -0.1) is 0 Å². The van der Waals surface area contributed by atoms with Gasteiger partial charge in [0.05, 0.1) is 23.0 Å². The Morgan fingerprint density at radius 1 is 1.62 bits per heavy atom. The highest BCUT2D eigenvalue weighted by molar-refractivity contribution is 7.91. The molecule has 5 heteroatoms. The highest BCUT2D eigenvalue weighted by Crippen LogP contribution is 2.34. The van der Waals surface area contributed by atoms with Crippen LogP contribution in [-0.4, -0.2) is 33.6 Å². The molecule has 0 spiro atoms. The molecule has 0 saturated carbocycles. The van der Waals surface area contributed by atoms with Crippen LogP contribution in [-0.2, 0) is 14.6 Å². The van der Waals surface area contributed by atoms with Gasteiger partial charge in [0, 0.05) is 13.7 Å². The van der Waals surface area contributed by atoms with E-state index in [2.05, 4.69) is 6.07 Å². The lowest BCUT2D eigenvalue weighted by molar-refractivity contribution is 0.166. The predicted octanol–water partition coefficient (Wildman–Crippen LogP) is 0.351. The Morgan fingerprint density at radius 3 is 2.69 bits per heavy atom.